The Labute approximate surface area is 105 Å². The molecule has 0 aromatic rings. The lowest BCUT2D eigenvalue weighted by atomic mass is 9.92. The molecule has 1 aliphatic rings. The molecule has 16 heavy (non-hydrogen) atoms. The van der Waals surface area contributed by atoms with Crippen molar-refractivity contribution in [2.75, 3.05) is 19.3 Å². The highest BCUT2D eigenvalue weighted by Gasteiger charge is 2.24. The largest absolute Gasteiger partial charge is 0.330 e. The smallest absolute Gasteiger partial charge is 0.0198 e. The monoisotopic (exact) mass is 244 g/mol. The molecule has 1 aliphatic carbocycles. The summed E-state index contributed by atoms with van der Waals surface area (Å²) in [6, 6.07) is 0.719. The van der Waals surface area contributed by atoms with E-state index in [-0.39, 0.29) is 0 Å². The topological polar surface area (TPSA) is 38.0 Å². The van der Waals surface area contributed by atoms with E-state index in [0.717, 1.165) is 24.4 Å². The lowest BCUT2D eigenvalue weighted by Crippen LogP contribution is -2.44. The molecule has 0 saturated heterocycles. The highest BCUT2D eigenvalue weighted by Crippen LogP contribution is 2.27. The molecule has 0 amide bonds. The molecule has 0 spiro atoms. The van der Waals surface area contributed by atoms with Crippen molar-refractivity contribution in [3.63, 3.8) is 0 Å². The van der Waals surface area contributed by atoms with Gasteiger partial charge in [-0.25, -0.2) is 0 Å². The second-order valence-corrected chi connectivity index (χ2v) is 6.39. The third-order valence-corrected chi connectivity index (χ3v) is 5.06. The van der Waals surface area contributed by atoms with Gasteiger partial charge in [-0.2, -0.15) is 11.8 Å². The number of rotatable bonds is 6. The number of hydrogen-bond donors (Lipinski definition) is 2. The third-order valence-electron chi connectivity index (χ3n) is 3.89. The highest BCUT2D eigenvalue weighted by molar-refractivity contribution is 7.99. The first kappa shape index (κ1) is 14.3. The Bertz CT molecular complexity index is 185. The van der Waals surface area contributed by atoms with Crippen molar-refractivity contribution in [3.05, 3.63) is 0 Å². The number of hydrogen-bond acceptors (Lipinski definition) is 3. The summed E-state index contributed by atoms with van der Waals surface area (Å²) in [6.07, 6.45) is 7.78. The summed E-state index contributed by atoms with van der Waals surface area (Å²) >= 11 is 2.03. The summed E-state index contributed by atoms with van der Waals surface area (Å²) in [4.78, 5) is 0. The summed E-state index contributed by atoms with van der Waals surface area (Å²) in [5.74, 6) is 1.32. The molecule has 96 valence electrons. The third kappa shape index (κ3) is 4.27. The Morgan fingerprint density at radius 2 is 2.00 bits per heavy atom. The molecule has 0 radical (unpaired) electrons. The van der Waals surface area contributed by atoms with Gasteiger partial charge in [0.1, 0.15) is 0 Å². The minimum atomic E-state index is 0.629. The Morgan fingerprint density at radius 1 is 1.31 bits per heavy atom. The van der Waals surface area contributed by atoms with Crippen molar-refractivity contribution in [1.82, 2.24) is 5.32 Å². The molecule has 3 atom stereocenters. The second-order valence-electron chi connectivity index (χ2n) is 5.31. The summed E-state index contributed by atoms with van der Waals surface area (Å²) in [7, 11) is 0. The van der Waals surface area contributed by atoms with E-state index >= 15 is 0 Å². The molecule has 0 aliphatic heterocycles. The molecule has 1 fully saturated rings. The van der Waals surface area contributed by atoms with E-state index in [2.05, 4.69) is 25.4 Å². The highest BCUT2D eigenvalue weighted by atomic mass is 32.2. The van der Waals surface area contributed by atoms with Gasteiger partial charge in [-0.3, -0.25) is 0 Å². The van der Waals surface area contributed by atoms with Crippen molar-refractivity contribution in [1.29, 1.82) is 0 Å². The number of nitrogens with two attached hydrogens (primary N) is 1. The molecular weight excluding hydrogens is 216 g/mol. The fourth-order valence-electron chi connectivity index (χ4n) is 2.51. The average molecular weight is 244 g/mol. The van der Waals surface area contributed by atoms with Gasteiger partial charge in [0, 0.05) is 11.3 Å². The Kier molecular flexibility index (Phi) is 6.78. The number of thioether (sulfide) groups is 1. The summed E-state index contributed by atoms with van der Waals surface area (Å²) in [5.41, 5.74) is 5.81. The minimum absolute atomic E-state index is 0.629. The molecule has 0 bridgehead atoms. The van der Waals surface area contributed by atoms with Crippen LogP contribution in [0, 0.1) is 11.8 Å². The molecule has 0 heterocycles. The van der Waals surface area contributed by atoms with Crippen LogP contribution in [0.15, 0.2) is 0 Å². The predicted molar refractivity (Wildman–Crippen MR) is 74.9 cm³/mol. The van der Waals surface area contributed by atoms with Gasteiger partial charge in [0.2, 0.25) is 0 Å². The molecule has 0 aromatic carbocycles. The average Bonchev–Trinajstić information content (AvgIpc) is 2.30. The first-order valence-corrected chi connectivity index (χ1v) is 7.94. The van der Waals surface area contributed by atoms with E-state index in [1.165, 1.54) is 25.7 Å². The molecule has 3 N–H and O–H groups in total. The maximum absolute atomic E-state index is 5.81. The van der Waals surface area contributed by atoms with Crippen LogP contribution in [0.3, 0.4) is 0 Å². The Balaban J connectivity index is 2.34. The number of nitrogens with one attached hydrogen (secondary N) is 1. The summed E-state index contributed by atoms with van der Waals surface area (Å²) < 4.78 is 0. The SMILES string of the molecule is CSC1CCCCC1NCC(CN)C(C)C. The fraction of sp³-hybridized carbons (Fsp3) is 1.00. The van der Waals surface area contributed by atoms with Crippen LogP contribution in [0.25, 0.3) is 0 Å². The maximum Gasteiger partial charge on any atom is 0.0198 e. The predicted octanol–water partition coefficient (Wildman–Crippen LogP) is 2.48. The van der Waals surface area contributed by atoms with E-state index in [1.54, 1.807) is 0 Å². The van der Waals surface area contributed by atoms with Crippen molar-refractivity contribution < 1.29 is 0 Å². The molecule has 1 saturated carbocycles. The van der Waals surface area contributed by atoms with Gasteiger partial charge in [-0.15, -0.1) is 0 Å². The lowest BCUT2D eigenvalue weighted by Gasteiger charge is -2.33. The quantitative estimate of drug-likeness (QED) is 0.754. The van der Waals surface area contributed by atoms with Crippen LogP contribution in [0.1, 0.15) is 39.5 Å². The van der Waals surface area contributed by atoms with Gasteiger partial charge >= 0.3 is 0 Å². The second kappa shape index (κ2) is 7.57. The zero-order valence-corrected chi connectivity index (χ0v) is 11.9. The van der Waals surface area contributed by atoms with Crippen molar-refractivity contribution in [2.45, 2.75) is 50.8 Å². The van der Waals surface area contributed by atoms with Gasteiger partial charge in [0.15, 0.2) is 0 Å². The van der Waals surface area contributed by atoms with Gasteiger partial charge < -0.3 is 11.1 Å². The lowest BCUT2D eigenvalue weighted by molar-refractivity contribution is 0.317. The Hall–Kier alpha value is 0.270. The van der Waals surface area contributed by atoms with E-state index in [9.17, 15) is 0 Å². The van der Waals surface area contributed by atoms with Crippen LogP contribution in [0.4, 0.5) is 0 Å². The molecular formula is C13H28N2S. The van der Waals surface area contributed by atoms with Gasteiger partial charge in [0.05, 0.1) is 0 Å². The normalized spacial score (nSPS) is 28.3. The van der Waals surface area contributed by atoms with Gasteiger partial charge in [-0.1, -0.05) is 26.7 Å². The molecule has 1 rings (SSSR count). The first-order valence-electron chi connectivity index (χ1n) is 6.65. The van der Waals surface area contributed by atoms with Gasteiger partial charge in [0.25, 0.3) is 0 Å². The van der Waals surface area contributed by atoms with Crippen LogP contribution in [-0.2, 0) is 0 Å². The minimum Gasteiger partial charge on any atom is -0.330 e. The van der Waals surface area contributed by atoms with E-state index < -0.39 is 0 Å². The maximum atomic E-state index is 5.81. The molecule has 2 nitrogen and oxygen atoms in total. The van der Waals surface area contributed by atoms with E-state index in [4.69, 9.17) is 5.73 Å². The van der Waals surface area contributed by atoms with E-state index in [0.29, 0.717) is 11.8 Å². The summed E-state index contributed by atoms with van der Waals surface area (Å²) in [6.45, 7) is 6.44. The first-order chi connectivity index (χ1) is 7.69. The summed E-state index contributed by atoms with van der Waals surface area (Å²) in [5, 5.41) is 4.57. The van der Waals surface area contributed by atoms with Crippen LogP contribution in [0.2, 0.25) is 0 Å². The van der Waals surface area contributed by atoms with Crippen LogP contribution >= 0.6 is 11.8 Å². The van der Waals surface area contributed by atoms with E-state index in [1.807, 2.05) is 11.8 Å². The Morgan fingerprint density at radius 3 is 2.56 bits per heavy atom. The van der Waals surface area contributed by atoms with Crippen LogP contribution < -0.4 is 11.1 Å². The van der Waals surface area contributed by atoms with Gasteiger partial charge in [-0.05, 0) is 44.0 Å². The van der Waals surface area contributed by atoms with Crippen molar-refractivity contribution in [2.24, 2.45) is 17.6 Å². The zero-order valence-electron chi connectivity index (χ0n) is 11.0. The fourth-order valence-corrected chi connectivity index (χ4v) is 3.47. The molecule has 0 aromatic heterocycles. The van der Waals surface area contributed by atoms with Crippen LogP contribution in [0.5, 0.6) is 0 Å². The van der Waals surface area contributed by atoms with Crippen molar-refractivity contribution >= 4 is 11.8 Å². The zero-order chi connectivity index (χ0) is 12.0. The van der Waals surface area contributed by atoms with Crippen molar-refractivity contribution in [3.8, 4) is 0 Å². The van der Waals surface area contributed by atoms with Crippen LogP contribution in [-0.4, -0.2) is 30.6 Å². The standard InChI is InChI=1S/C13H28N2S/c1-10(2)11(8-14)9-15-12-6-4-5-7-13(12)16-3/h10-13,15H,4-9,14H2,1-3H3. The molecule has 3 heteroatoms. The molecule has 3 unspecified atom stereocenters.